The Hall–Kier alpha value is -2.75. The Morgan fingerprint density at radius 2 is 1.82 bits per heavy atom. The van der Waals surface area contributed by atoms with Crippen molar-refractivity contribution < 1.29 is 22.7 Å². The summed E-state index contributed by atoms with van der Waals surface area (Å²) < 4.78 is 39.1. The van der Waals surface area contributed by atoms with Crippen LogP contribution in [0.1, 0.15) is 10.4 Å². The first kappa shape index (κ1) is 18.6. The molecule has 0 aliphatic carbocycles. The van der Waals surface area contributed by atoms with Crippen molar-refractivity contribution in [3.05, 3.63) is 54.4 Å². The van der Waals surface area contributed by atoms with E-state index in [1.54, 1.807) is 18.5 Å². The van der Waals surface area contributed by atoms with E-state index in [4.69, 9.17) is 9.47 Å². The van der Waals surface area contributed by atoms with Crippen LogP contribution in [0.2, 0.25) is 0 Å². The Labute approximate surface area is 162 Å². The Morgan fingerprint density at radius 3 is 2.54 bits per heavy atom. The third-order valence-electron chi connectivity index (χ3n) is 4.61. The Bertz CT molecular complexity index is 1120. The van der Waals surface area contributed by atoms with Crippen molar-refractivity contribution in [2.24, 2.45) is 7.05 Å². The lowest BCUT2D eigenvalue weighted by molar-refractivity contribution is 0.0730. The molecule has 28 heavy (non-hydrogen) atoms. The SMILES string of the molecule is Cn1cnc2cc(OC(=O)c3ccc(S(=O)(=O)N4CCOCC4)cc3)ccc21. The molecule has 2 aromatic carbocycles. The monoisotopic (exact) mass is 401 g/mol. The van der Waals surface area contributed by atoms with E-state index in [0.717, 1.165) is 11.0 Å². The Morgan fingerprint density at radius 1 is 1.11 bits per heavy atom. The third kappa shape index (κ3) is 3.51. The van der Waals surface area contributed by atoms with Gasteiger partial charge < -0.3 is 14.0 Å². The topological polar surface area (TPSA) is 90.7 Å². The molecular formula is C19H19N3O5S. The highest BCUT2D eigenvalue weighted by atomic mass is 32.2. The van der Waals surface area contributed by atoms with Gasteiger partial charge >= 0.3 is 5.97 Å². The summed E-state index contributed by atoms with van der Waals surface area (Å²) in [7, 11) is -1.71. The molecule has 0 unspecified atom stereocenters. The molecule has 8 nitrogen and oxygen atoms in total. The number of sulfonamides is 1. The van der Waals surface area contributed by atoms with Gasteiger partial charge in [0.15, 0.2) is 0 Å². The van der Waals surface area contributed by atoms with Crippen molar-refractivity contribution >= 4 is 27.0 Å². The molecule has 9 heteroatoms. The number of nitrogens with zero attached hydrogens (tertiary/aromatic N) is 3. The van der Waals surface area contributed by atoms with Crippen LogP contribution in [-0.4, -0.2) is 54.5 Å². The Kier molecular flexibility index (Phi) is 4.88. The van der Waals surface area contributed by atoms with Gasteiger partial charge in [0, 0.05) is 26.2 Å². The molecule has 0 spiro atoms. The van der Waals surface area contributed by atoms with Crippen LogP contribution in [0, 0.1) is 0 Å². The molecule has 1 aliphatic rings. The van der Waals surface area contributed by atoms with Crippen LogP contribution in [0.15, 0.2) is 53.7 Å². The number of esters is 1. The summed E-state index contributed by atoms with van der Waals surface area (Å²) in [6.07, 6.45) is 1.68. The summed E-state index contributed by atoms with van der Waals surface area (Å²) in [6.45, 7) is 1.40. The molecule has 0 amide bonds. The van der Waals surface area contributed by atoms with Crippen LogP contribution in [0.3, 0.4) is 0 Å². The highest BCUT2D eigenvalue weighted by Crippen LogP contribution is 2.21. The van der Waals surface area contributed by atoms with Gasteiger partial charge in [-0.3, -0.25) is 0 Å². The second kappa shape index (κ2) is 7.34. The number of benzene rings is 2. The average Bonchev–Trinajstić information content (AvgIpc) is 3.09. The maximum atomic E-state index is 12.6. The van der Waals surface area contributed by atoms with Gasteiger partial charge in [-0.1, -0.05) is 0 Å². The van der Waals surface area contributed by atoms with E-state index < -0.39 is 16.0 Å². The van der Waals surface area contributed by atoms with Crippen LogP contribution in [0.25, 0.3) is 11.0 Å². The van der Waals surface area contributed by atoms with Gasteiger partial charge in [-0.2, -0.15) is 4.31 Å². The number of carbonyl (C=O) groups excluding carboxylic acids is 1. The molecule has 4 rings (SSSR count). The van der Waals surface area contributed by atoms with Crippen molar-refractivity contribution in [1.29, 1.82) is 0 Å². The zero-order valence-corrected chi connectivity index (χ0v) is 16.1. The number of imidazole rings is 1. The van der Waals surface area contributed by atoms with Gasteiger partial charge in [0.1, 0.15) is 5.75 Å². The molecule has 3 aromatic rings. The van der Waals surface area contributed by atoms with Crippen molar-refractivity contribution in [3.63, 3.8) is 0 Å². The first-order valence-corrected chi connectivity index (χ1v) is 10.2. The lowest BCUT2D eigenvalue weighted by atomic mass is 10.2. The Balaban J connectivity index is 1.50. The first-order valence-electron chi connectivity index (χ1n) is 8.76. The maximum Gasteiger partial charge on any atom is 0.343 e. The molecule has 2 heterocycles. The number of aromatic nitrogens is 2. The van der Waals surface area contributed by atoms with Crippen molar-refractivity contribution in [3.8, 4) is 5.75 Å². The fourth-order valence-corrected chi connectivity index (χ4v) is 4.45. The summed E-state index contributed by atoms with van der Waals surface area (Å²) in [5.74, 6) is -0.188. The van der Waals surface area contributed by atoms with Crippen molar-refractivity contribution in [1.82, 2.24) is 13.9 Å². The molecule has 0 saturated carbocycles. The molecule has 146 valence electrons. The zero-order chi connectivity index (χ0) is 19.7. The number of hydrogen-bond acceptors (Lipinski definition) is 6. The fraction of sp³-hybridized carbons (Fsp3) is 0.263. The normalized spacial score (nSPS) is 15.6. The number of morpholine rings is 1. The van der Waals surface area contributed by atoms with Crippen LogP contribution in [0.5, 0.6) is 5.75 Å². The van der Waals surface area contributed by atoms with Gasteiger partial charge in [0.2, 0.25) is 10.0 Å². The molecule has 1 aromatic heterocycles. The quantitative estimate of drug-likeness (QED) is 0.489. The number of carbonyl (C=O) groups is 1. The molecule has 1 saturated heterocycles. The molecule has 0 bridgehead atoms. The van der Waals surface area contributed by atoms with E-state index in [1.807, 2.05) is 17.7 Å². The fourth-order valence-electron chi connectivity index (χ4n) is 3.04. The molecule has 1 aliphatic heterocycles. The summed E-state index contributed by atoms with van der Waals surface area (Å²) in [5.41, 5.74) is 1.92. The van der Waals surface area contributed by atoms with Gasteiger partial charge in [0.25, 0.3) is 0 Å². The predicted octanol–water partition coefficient (Wildman–Crippen LogP) is 1.81. The van der Waals surface area contributed by atoms with Crippen molar-refractivity contribution in [2.45, 2.75) is 4.90 Å². The molecule has 0 atom stereocenters. The number of ether oxygens (including phenoxy) is 2. The van der Waals surface area contributed by atoms with E-state index >= 15 is 0 Å². The summed E-state index contributed by atoms with van der Waals surface area (Å²) in [5, 5.41) is 0. The van der Waals surface area contributed by atoms with E-state index in [-0.39, 0.29) is 10.5 Å². The number of hydrogen-bond donors (Lipinski definition) is 0. The van der Waals surface area contributed by atoms with E-state index in [9.17, 15) is 13.2 Å². The van der Waals surface area contributed by atoms with E-state index in [1.165, 1.54) is 28.6 Å². The second-order valence-corrected chi connectivity index (χ2v) is 8.37. The number of fused-ring (bicyclic) bond motifs is 1. The van der Waals surface area contributed by atoms with Crippen LogP contribution in [-0.2, 0) is 21.8 Å². The van der Waals surface area contributed by atoms with Gasteiger partial charge in [0.05, 0.1) is 41.0 Å². The third-order valence-corrected chi connectivity index (χ3v) is 6.52. The minimum Gasteiger partial charge on any atom is -0.423 e. The molecule has 0 radical (unpaired) electrons. The van der Waals surface area contributed by atoms with Gasteiger partial charge in [-0.05, 0) is 36.4 Å². The minimum absolute atomic E-state index is 0.140. The summed E-state index contributed by atoms with van der Waals surface area (Å²) in [6, 6.07) is 10.9. The first-order chi connectivity index (χ1) is 13.4. The summed E-state index contributed by atoms with van der Waals surface area (Å²) in [4.78, 5) is 16.8. The second-order valence-electron chi connectivity index (χ2n) is 6.44. The smallest absolute Gasteiger partial charge is 0.343 e. The average molecular weight is 401 g/mol. The molecule has 0 N–H and O–H groups in total. The zero-order valence-electron chi connectivity index (χ0n) is 15.2. The van der Waals surface area contributed by atoms with E-state index in [0.29, 0.717) is 32.1 Å². The van der Waals surface area contributed by atoms with Gasteiger partial charge in [-0.25, -0.2) is 18.2 Å². The predicted molar refractivity (Wildman–Crippen MR) is 102 cm³/mol. The van der Waals surface area contributed by atoms with E-state index in [2.05, 4.69) is 4.98 Å². The van der Waals surface area contributed by atoms with Gasteiger partial charge in [-0.15, -0.1) is 0 Å². The highest BCUT2D eigenvalue weighted by Gasteiger charge is 2.26. The highest BCUT2D eigenvalue weighted by molar-refractivity contribution is 7.89. The van der Waals surface area contributed by atoms with Crippen LogP contribution < -0.4 is 4.74 Å². The number of rotatable bonds is 4. The largest absolute Gasteiger partial charge is 0.423 e. The standard InChI is InChI=1S/C19H19N3O5S/c1-21-13-20-17-12-15(4-7-18(17)21)27-19(23)14-2-5-16(6-3-14)28(24,25)22-8-10-26-11-9-22/h2-7,12-13H,8-11H2,1H3. The van der Waals surface area contributed by atoms with Crippen molar-refractivity contribution in [2.75, 3.05) is 26.3 Å². The molecular weight excluding hydrogens is 382 g/mol. The molecule has 1 fully saturated rings. The maximum absolute atomic E-state index is 12.6. The lowest BCUT2D eigenvalue weighted by Crippen LogP contribution is -2.40. The van der Waals surface area contributed by atoms with Crippen LogP contribution >= 0.6 is 0 Å². The van der Waals surface area contributed by atoms with Crippen LogP contribution in [0.4, 0.5) is 0 Å². The number of aryl methyl sites for hydroxylation is 1. The summed E-state index contributed by atoms with van der Waals surface area (Å²) >= 11 is 0. The minimum atomic E-state index is -3.59. The lowest BCUT2D eigenvalue weighted by Gasteiger charge is -2.26.